The van der Waals surface area contributed by atoms with Gasteiger partial charge in [0.05, 0.1) is 4.90 Å². The van der Waals surface area contributed by atoms with Gasteiger partial charge in [-0.2, -0.15) is 0 Å². The Morgan fingerprint density at radius 2 is 1.90 bits per heavy atom. The predicted octanol–water partition coefficient (Wildman–Crippen LogP) is 2.14. The van der Waals surface area contributed by atoms with Gasteiger partial charge in [-0.3, -0.25) is 0 Å². The lowest BCUT2D eigenvalue weighted by molar-refractivity contribution is 0.418. The highest BCUT2D eigenvalue weighted by Crippen LogP contribution is 2.25. The minimum absolute atomic E-state index is 0.144. The number of halogens is 1. The molecule has 1 aromatic heterocycles. The van der Waals surface area contributed by atoms with E-state index in [1.807, 2.05) is 0 Å². The topological polar surface area (TPSA) is 68.3 Å². The Hall–Kier alpha value is -1.99. The van der Waals surface area contributed by atoms with Crippen molar-refractivity contribution < 1.29 is 17.5 Å². The number of nitrogens with one attached hydrogen (secondary N) is 1. The van der Waals surface area contributed by atoms with Crippen LogP contribution in [0.25, 0.3) is 0 Å². The van der Waals surface area contributed by atoms with E-state index in [0.29, 0.717) is 17.9 Å². The normalized spacial score (nSPS) is 11.4. The van der Waals surface area contributed by atoms with Gasteiger partial charge in [0.1, 0.15) is 5.75 Å². The van der Waals surface area contributed by atoms with Crippen LogP contribution in [0, 0.1) is 5.82 Å². The smallest absolute Gasteiger partial charge is 0.256 e. The van der Waals surface area contributed by atoms with E-state index in [-0.39, 0.29) is 10.8 Å². The maximum atomic E-state index is 14.1. The van der Waals surface area contributed by atoms with Crippen molar-refractivity contribution in [1.29, 1.82) is 0 Å². The first-order chi connectivity index (χ1) is 9.91. The molecule has 1 heterocycles. The summed E-state index contributed by atoms with van der Waals surface area (Å²) in [5.41, 5.74) is 0.440. The van der Waals surface area contributed by atoms with Gasteiger partial charge in [0, 0.05) is 24.6 Å². The van der Waals surface area contributed by atoms with E-state index in [1.54, 1.807) is 13.1 Å². The average Bonchev–Trinajstić information content (AvgIpc) is 2.43. The summed E-state index contributed by atoms with van der Waals surface area (Å²) >= 11 is 0. The van der Waals surface area contributed by atoms with Crippen molar-refractivity contribution in [3.63, 3.8) is 0 Å². The fourth-order valence-electron chi connectivity index (χ4n) is 1.73. The highest BCUT2D eigenvalue weighted by molar-refractivity contribution is 7.90. The number of hydrogen-bond donors (Lipinski definition) is 1. The predicted molar refractivity (Wildman–Crippen MR) is 76.6 cm³/mol. The van der Waals surface area contributed by atoms with Crippen LogP contribution < -0.4 is 10.1 Å². The molecule has 0 saturated heterocycles. The van der Waals surface area contributed by atoms with Crippen LogP contribution in [0.5, 0.6) is 11.6 Å². The van der Waals surface area contributed by atoms with Crippen LogP contribution in [0.2, 0.25) is 0 Å². The van der Waals surface area contributed by atoms with Gasteiger partial charge in [0.15, 0.2) is 15.7 Å². The molecule has 2 aromatic rings. The second kappa shape index (κ2) is 6.19. The lowest BCUT2D eigenvalue weighted by atomic mass is 10.2. The number of pyridine rings is 1. The molecule has 1 N–H and O–H groups in total. The number of nitrogens with zero attached hydrogens (tertiary/aromatic N) is 1. The Labute approximate surface area is 122 Å². The van der Waals surface area contributed by atoms with E-state index in [4.69, 9.17) is 4.74 Å². The summed E-state index contributed by atoms with van der Waals surface area (Å²) in [5, 5.41) is 2.85. The molecule has 0 amide bonds. The van der Waals surface area contributed by atoms with Crippen molar-refractivity contribution >= 4 is 9.84 Å². The maximum absolute atomic E-state index is 14.1. The standard InChI is InChI=1S/C14H15FN2O3S/c1-16-9-10-7-8-17-14(13(10)15)20-11-3-5-12(6-4-11)21(2,18)19/h3-8,16H,9H2,1-2H3. The van der Waals surface area contributed by atoms with Crippen molar-refractivity contribution in [1.82, 2.24) is 10.3 Å². The monoisotopic (exact) mass is 310 g/mol. The van der Waals surface area contributed by atoms with E-state index in [2.05, 4.69) is 10.3 Å². The second-order valence-corrected chi connectivity index (χ2v) is 6.48. The summed E-state index contributed by atoms with van der Waals surface area (Å²) < 4.78 is 42.2. The van der Waals surface area contributed by atoms with Gasteiger partial charge < -0.3 is 10.1 Å². The molecule has 2 rings (SSSR count). The minimum atomic E-state index is -3.27. The van der Waals surface area contributed by atoms with E-state index in [9.17, 15) is 12.8 Å². The molecule has 0 spiro atoms. The highest BCUT2D eigenvalue weighted by atomic mass is 32.2. The number of ether oxygens (including phenoxy) is 1. The summed E-state index contributed by atoms with van der Waals surface area (Å²) in [5.74, 6) is -0.371. The van der Waals surface area contributed by atoms with Crippen molar-refractivity contribution in [3.05, 3.63) is 47.9 Å². The Bertz CT molecular complexity index is 730. The third-order valence-electron chi connectivity index (χ3n) is 2.77. The summed E-state index contributed by atoms with van der Waals surface area (Å²) in [6.07, 6.45) is 2.57. The van der Waals surface area contributed by atoms with E-state index in [1.165, 1.54) is 30.5 Å². The first kappa shape index (κ1) is 15.4. The van der Waals surface area contributed by atoms with Gasteiger partial charge >= 0.3 is 0 Å². The highest BCUT2D eigenvalue weighted by Gasteiger charge is 2.12. The molecule has 0 aliphatic heterocycles. The van der Waals surface area contributed by atoms with Crippen LogP contribution in [0.4, 0.5) is 4.39 Å². The number of benzene rings is 1. The summed E-state index contributed by atoms with van der Waals surface area (Å²) in [7, 11) is -1.56. The molecule has 0 aliphatic rings. The zero-order valence-electron chi connectivity index (χ0n) is 11.6. The average molecular weight is 310 g/mol. The Balaban J connectivity index is 2.24. The van der Waals surface area contributed by atoms with Crippen molar-refractivity contribution in [2.75, 3.05) is 13.3 Å². The quantitative estimate of drug-likeness (QED) is 0.916. The minimum Gasteiger partial charge on any atom is -0.436 e. The van der Waals surface area contributed by atoms with Crippen LogP contribution >= 0.6 is 0 Å². The first-order valence-electron chi connectivity index (χ1n) is 6.18. The second-order valence-electron chi connectivity index (χ2n) is 4.47. The molecule has 0 radical (unpaired) electrons. The van der Waals surface area contributed by atoms with Crippen LogP contribution in [0.15, 0.2) is 41.4 Å². The number of hydrogen-bond acceptors (Lipinski definition) is 5. The maximum Gasteiger partial charge on any atom is 0.256 e. The van der Waals surface area contributed by atoms with Crippen molar-refractivity contribution in [3.8, 4) is 11.6 Å². The van der Waals surface area contributed by atoms with Crippen LogP contribution in [-0.2, 0) is 16.4 Å². The third-order valence-corrected chi connectivity index (χ3v) is 3.90. The van der Waals surface area contributed by atoms with Gasteiger partial charge in [-0.25, -0.2) is 17.8 Å². The molecule has 0 saturated carbocycles. The van der Waals surface area contributed by atoms with E-state index in [0.717, 1.165) is 6.26 Å². The molecule has 0 fully saturated rings. The molecule has 0 unspecified atom stereocenters. The van der Waals surface area contributed by atoms with Gasteiger partial charge in [0.25, 0.3) is 5.88 Å². The lowest BCUT2D eigenvalue weighted by Gasteiger charge is -2.09. The number of rotatable bonds is 5. The molecule has 0 aliphatic carbocycles. The van der Waals surface area contributed by atoms with Gasteiger partial charge in [-0.15, -0.1) is 0 Å². The zero-order chi connectivity index (χ0) is 15.5. The molecule has 7 heteroatoms. The lowest BCUT2D eigenvalue weighted by Crippen LogP contribution is -2.08. The van der Waals surface area contributed by atoms with Crippen molar-refractivity contribution in [2.45, 2.75) is 11.4 Å². The molecule has 1 aromatic carbocycles. The van der Waals surface area contributed by atoms with Gasteiger partial charge in [-0.1, -0.05) is 0 Å². The third kappa shape index (κ3) is 3.77. The summed E-state index contributed by atoms with van der Waals surface area (Å²) in [4.78, 5) is 4.02. The molecule has 0 atom stereocenters. The Morgan fingerprint density at radius 1 is 1.24 bits per heavy atom. The SMILES string of the molecule is CNCc1ccnc(Oc2ccc(S(C)(=O)=O)cc2)c1F. The first-order valence-corrected chi connectivity index (χ1v) is 8.07. The summed E-state index contributed by atoms with van der Waals surface area (Å²) in [6.45, 7) is 0.359. The number of aromatic nitrogens is 1. The fourth-order valence-corrected chi connectivity index (χ4v) is 2.36. The van der Waals surface area contributed by atoms with Gasteiger partial charge in [-0.05, 0) is 37.4 Å². The molecule has 21 heavy (non-hydrogen) atoms. The number of sulfone groups is 1. The molecular formula is C14H15FN2O3S. The van der Waals surface area contributed by atoms with Gasteiger partial charge in [0.2, 0.25) is 0 Å². The Kier molecular flexibility index (Phi) is 4.54. The summed E-state index contributed by atoms with van der Waals surface area (Å²) in [6, 6.07) is 7.29. The van der Waals surface area contributed by atoms with E-state index >= 15 is 0 Å². The molecular weight excluding hydrogens is 295 g/mol. The molecule has 5 nitrogen and oxygen atoms in total. The largest absolute Gasteiger partial charge is 0.436 e. The zero-order valence-corrected chi connectivity index (χ0v) is 12.4. The van der Waals surface area contributed by atoms with Crippen LogP contribution in [-0.4, -0.2) is 26.7 Å². The van der Waals surface area contributed by atoms with Crippen LogP contribution in [0.1, 0.15) is 5.56 Å². The van der Waals surface area contributed by atoms with Crippen LogP contribution in [0.3, 0.4) is 0 Å². The molecule has 0 bridgehead atoms. The van der Waals surface area contributed by atoms with Crippen molar-refractivity contribution in [2.24, 2.45) is 0 Å². The fraction of sp³-hybridized carbons (Fsp3) is 0.214. The van der Waals surface area contributed by atoms with E-state index < -0.39 is 15.7 Å². The Morgan fingerprint density at radius 3 is 2.48 bits per heavy atom. The molecule has 112 valence electrons.